The van der Waals surface area contributed by atoms with Crippen molar-refractivity contribution in [3.8, 4) is 0 Å². The average Bonchev–Trinajstić information content (AvgIpc) is 2.56. The van der Waals surface area contributed by atoms with Crippen molar-refractivity contribution in [2.45, 2.75) is 26.5 Å². The minimum absolute atomic E-state index is 0.281. The largest absolute Gasteiger partial charge is 0.387 e. The predicted octanol–water partition coefficient (Wildman–Crippen LogP) is 3.49. The number of guanidine groups is 1. The third kappa shape index (κ3) is 6.53. The summed E-state index contributed by atoms with van der Waals surface area (Å²) in [5.74, 6) is 0.609. The Kier molecular flexibility index (Phi) is 7.50. The molecule has 1 atom stereocenters. The zero-order valence-corrected chi connectivity index (χ0v) is 15.8. The number of hydrogen-bond donors (Lipinski definition) is 3. The molecule has 0 aliphatic rings. The third-order valence-corrected chi connectivity index (χ3v) is 3.86. The molecule has 1 aromatic carbocycles. The summed E-state index contributed by atoms with van der Waals surface area (Å²) in [5.41, 5.74) is 2.50. The number of aryl methyl sites for hydroxylation is 1. The quantitative estimate of drug-likeness (QED) is 0.529. The van der Waals surface area contributed by atoms with E-state index in [1.54, 1.807) is 18.2 Å². The van der Waals surface area contributed by atoms with Crippen molar-refractivity contribution in [2.24, 2.45) is 4.99 Å². The molecule has 3 N–H and O–H groups in total. The lowest BCUT2D eigenvalue weighted by Gasteiger charge is -2.16. The number of nitrogens with one attached hydrogen (secondary N) is 2. The summed E-state index contributed by atoms with van der Waals surface area (Å²) >= 11 is 12.0. The number of nitrogens with zero attached hydrogens (tertiary/aromatic N) is 2. The van der Waals surface area contributed by atoms with E-state index < -0.39 is 6.10 Å². The van der Waals surface area contributed by atoms with Gasteiger partial charge in [-0.2, -0.15) is 0 Å². The van der Waals surface area contributed by atoms with Crippen LogP contribution in [0.15, 0.2) is 41.4 Å². The zero-order chi connectivity index (χ0) is 18.2. The highest BCUT2D eigenvalue weighted by Gasteiger charge is 2.10. The van der Waals surface area contributed by atoms with E-state index in [0.29, 0.717) is 34.7 Å². The van der Waals surface area contributed by atoms with Gasteiger partial charge in [-0.05, 0) is 49.7 Å². The minimum Gasteiger partial charge on any atom is -0.387 e. The number of aliphatic hydroxyl groups excluding tert-OH is 1. The van der Waals surface area contributed by atoms with Crippen LogP contribution in [0.4, 0.5) is 0 Å². The van der Waals surface area contributed by atoms with E-state index in [0.717, 1.165) is 11.4 Å². The predicted molar refractivity (Wildman–Crippen MR) is 103 cm³/mol. The molecule has 0 radical (unpaired) electrons. The first kappa shape index (κ1) is 19.5. The number of halogens is 2. The van der Waals surface area contributed by atoms with Gasteiger partial charge < -0.3 is 15.7 Å². The van der Waals surface area contributed by atoms with Gasteiger partial charge in [0.1, 0.15) is 0 Å². The SMILES string of the molecule is CCNC(=NCc1cccc(C)n1)NCC(O)c1cc(Cl)cc(Cl)c1. The lowest BCUT2D eigenvalue weighted by atomic mass is 10.1. The minimum atomic E-state index is -0.753. The van der Waals surface area contributed by atoms with Crippen molar-refractivity contribution in [1.82, 2.24) is 15.6 Å². The van der Waals surface area contributed by atoms with Gasteiger partial charge in [0, 0.05) is 28.8 Å². The molecule has 134 valence electrons. The Morgan fingerprint density at radius 1 is 1.20 bits per heavy atom. The summed E-state index contributed by atoms with van der Waals surface area (Å²) in [5, 5.41) is 17.6. The second-order valence-electron chi connectivity index (χ2n) is 5.56. The first-order valence-corrected chi connectivity index (χ1v) is 8.82. The van der Waals surface area contributed by atoms with Gasteiger partial charge in [0.15, 0.2) is 5.96 Å². The summed E-state index contributed by atoms with van der Waals surface area (Å²) in [6.45, 7) is 5.38. The molecule has 1 unspecified atom stereocenters. The van der Waals surface area contributed by atoms with Crippen LogP contribution in [0.2, 0.25) is 10.0 Å². The molecule has 0 saturated carbocycles. The molecule has 0 bridgehead atoms. The molecule has 0 spiro atoms. The highest BCUT2D eigenvalue weighted by atomic mass is 35.5. The van der Waals surface area contributed by atoms with Crippen LogP contribution in [0, 0.1) is 6.92 Å². The van der Waals surface area contributed by atoms with Crippen molar-refractivity contribution in [2.75, 3.05) is 13.1 Å². The van der Waals surface area contributed by atoms with Gasteiger partial charge in [-0.15, -0.1) is 0 Å². The van der Waals surface area contributed by atoms with E-state index in [-0.39, 0.29) is 6.54 Å². The highest BCUT2D eigenvalue weighted by molar-refractivity contribution is 6.34. The first-order valence-electron chi connectivity index (χ1n) is 8.06. The van der Waals surface area contributed by atoms with Gasteiger partial charge in [-0.3, -0.25) is 4.98 Å². The molecule has 1 heterocycles. The van der Waals surface area contributed by atoms with Crippen molar-refractivity contribution < 1.29 is 5.11 Å². The van der Waals surface area contributed by atoms with Crippen LogP contribution in [0.1, 0.15) is 30.0 Å². The van der Waals surface area contributed by atoms with Crippen LogP contribution in [0.3, 0.4) is 0 Å². The maximum Gasteiger partial charge on any atom is 0.191 e. The van der Waals surface area contributed by atoms with E-state index in [1.165, 1.54) is 0 Å². The molecular formula is C18H22Cl2N4O. The maximum absolute atomic E-state index is 10.3. The summed E-state index contributed by atoms with van der Waals surface area (Å²) in [4.78, 5) is 8.92. The van der Waals surface area contributed by atoms with Gasteiger partial charge >= 0.3 is 0 Å². The van der Waals surface area contributed by atoms with Crippen molar-refractivity contribution >= 4 is 29.2 Å². The lowest BCUT2D eigenvalue weighted by molar-refractivity contribution is 0.181. The monoisotopic (exact) mass is 380 g/mol. The molecule has 0 aliphatic heterocycles. The van der Waals surface area contributed by atoms with E-state index in [4.69, 9.17) is 23.2 Å². The Bertz CT molecular complexity index is 717. The average molecular weight is 381 g/mol. The van der Waals surface area contributed by atoms with Crippen LogP contribution >= 0.6 is 23.2 Å². The van der Waals surface area contributed by atoms with Crippen LogP contribution in [-0.2, 0) is 6.54 Å². The molecular weight excluding hydrogens is 359 g/mol. The molecule has 1 aromatic heterocycles. The van der Waals surface area contributed by atoms with Gasteiger partial charge in [0.05, 0.1) is 18.3 Å². The fraction of sp³-hybridized carbons (Fsp3) is 0.333. The number of aliphatic hydroxyl groups is 1. The van der Waals surface area contributed by atoms with Gasteiger partial charge in [0.25, 0.3) is 0 Å². The number of aliphatic imine (C=N–C) groups is 1. The summed E-state index contributed by atoms with van der Waals surface area (Å²) in [6.07, 6.45) is -0.753. The maximum atomic E-state index is 10.3. The Hall–Kier alpha value is -1.82. The van der Waals surface area contributed by atoms with Crippen LogP contribution in [-0.4, -0.2) is 29.1 Å². The van der Waals surface area contributed by atoms with Crippen LogP contribution in [0.5, 0.6) is 0 Å². The van der Waals surface area contributed by atoms with Gasteiger partial charge in [-0.1, -0.05) is 29.3 Å². The van der Waals surface area contributed by atoms with E-state index in [2.05, 4.69) is 20.6 Å². The topological polar surface area (TPSA) is 69.5 Å². The van der Waals surface area contributed by atoms with Crippen molar-refractivity contribution in [1.29, 1.82) is 0 Å². The molecule has 0 aliphatic carbocycles. The molecule has 0 fully saturated rings. The standard InChI is InChI=1S/C18H22Cl2N4O/c1-3-21-18(22-10-16-6-4-5-12(2)24-16)23-11-17(25)13-7-14(19)9-15(20)8-13/h4-9,17,25H,3,10-11H2,1-2H3,(H2,21,22,23). The van der Waals surface area contributed by atoms with E-state index >= 15 is 0 Å². The number of benzene rings is 1. The number of hydrogen-bond acceptors (Lipinski definition) is 3. The fourth-order valence-corrected chi connectivity index (χ4v) is 2.81. The molecule has 25 heavy (non-hydrogen) atoms. The summed E-state index contributed by atoms with van der Waals surface area (Å²) in [7, 11) is 0. The van der Waals surface area contributed by atoms with Crippen molar-refractivity contribution in [3.05, 3.63) is 63.4 Å². The summed E-state index contributed by atoms with van der Waals surface area (Å²) < 4.78 is 0. The van der Waals surface area contributed by atoms with Gasteiger partial charge in [0.2, 0.25) is 0 Å². The number of pyridine rings is 1. The smallest absolute Gasteiger partial charge is 0.191 e. The van der Waals surface area contributed by atoms with E-state index in [9.17, 15) is 5.11 Å². The Labute approximate surface area is 158 Å². The van der Waals surface area contributed by atoms with E-state index in [1.807, 2.05) is 32.0 Å². The summed E-state index contributed by atoms with van der Waals surface area (Å²) in [6, 6.07) is 10.9. The third-order valence-electron chi connectivity index (χ3n) is 3.42. The Morgan fingerprint density at radius 3 is 2.56 bits per heavy atom. The molecule has 0 amide bonds. The van der Waals surface area contributed by atoms with Gasteiger partial charge in [-0.25, -0.2) is 4.99 Å². The fourth-order valence-electron chi connectivity index (χ4n) is 2.27. The highest BCUT2D eigenvalue weighted by Crippen LogP contribution is 2.23. The Balaban J connectivity index is 1.99. The number of aromatic nitrogens is 1. The second kappa shape index (κ2) is 9.61. The first-order chi connectivity index (χ1) is 12.0. The van der Waals surface area contributed by atoms with Crippen molar-refractivity contribution in [3.63, 3.8) is 0 Å². The Morgan fingerprint density at radius 2 is 1.92 bits per heavy atom. The molecule has 2 rings (SSSR count). The number of rotatable bonds is 6. The van der Waals surface area contributed by atoms with Crippen LogP contribution in [0.25, 0.3) is 0 Å². The zero-order valence-electron chi connectivity index (χ0n) is 14.3. The molecule has 7 heteroatoms. The second-order valence-corrected chi connectivity index (χ2v) is 6.44. The normalized spacial score (nSPS) is 12.8. The van der Waals surface area contributed by atoms with Crippen LogP contribution < -0.4 is 10.6 Å². The molecule has 5 nitrogen and oxygen atoms in total. The lowest BCUT2D eigenvalue weighted by Crippen LogP contribution is -2.39. The molecule has 2 aromatic rings. The molecule has 0 saturated heterocycles.